The molecule has 59 heavy (non-hydrogen) atoms. The molecule has 4 N–H and O–H groups in total. The van der Waals surface area contributed by atoms with Crippen molar-refractivity contribution in [2.75, 3.05) is 19.0 Å². The van der Waals surface area contributed by atoms with Crippen LogP contribution < -0.4 is 0 Å². The Balaban J connectivity index is 2.47. The van der Waals surface area contributed by atoms with Crippen LogP contribution in [0.25, 0.3) is 0 Å². The van der Waals surface area contributed by atoms with Gasteiger partial charge >= 0.3 is 11.9 Å². The molecule has 0 radical (unpaired) electrons. The molecule has 1 aliphatic rings. The van der Waals surface area contributed by atoms with Gasteiger partial charge in [-0.2, -0.15) is 8.42 Å². The summed E-state index contributed by atoms with van der Waals surface area (Å²) in [6, 6.07) is 0. The summed E-state index contributed by atoms with van der Waals surface area (Å²) >= 11 is 0. The van der Waals surface area contributed by atoms with Crippen LogP contribution in [0.1, 0.15) is 162 Å². The zero-order chi connectivity index (χ0) is 43.4. The van der Waals surface area contributed by atoms with E-state index in [-0.39, 0.29) is 19.4 Å². The summed E-state index contributed by atoms with van der Waals surface area (Å²) in [7, 11) is -4.61. The number of allylic oxidation sites excluding steroid dienone is 10. The molecule has 6 atom stereocenters. The maximum absolute atomic E-state index is 12.8. The summed E-state index contributed by atoms with van der Waals surface area (Å²) in [5, 5.41) is 30.8. The molecule has 0 bridgehead atoms. The molecule has 1 heterocycles. The average Bonchev–Trinajstić information content (AvgIpc) is 3.20. The molecular weight excluding hydrogens is 777 g/mol. The maximum Gasteiger partial charge on any atom is 0.306 e. The van der Waals surface area contributed by atoms with E-state index in [0.29, 0.717) is 12.8 Å². The van der Waals surface area contributed by atoms with Crippen molar-refractivity contribution in [3.63, 3.8) is 0 Å². The summed E-state index contributed by atoms with van der Waals surface area (Å²) in [5.41, 5.74) is 0. The van der Waals surface area contributed by atoms with Crippen LogP contribution >= 0.6 is 0 Å². The number of unbranched alkanes of at least 4 members (excludes halogenated alkanes) is 14. The number of hydrogen-bond donors (Lipinski definition) is 4. The number of aliphatic hydroxyl groups excluding tert-OH is 3. The van der Waals surface area contributed by atoms with E-state index in [1.54, 1.807) is 0 Å². The zero-order valence-electron chi connectivity index (χ0n) is 36.1. The van der Waals surface area contributed by atoms with Gasteiger partial charge in [0.15, 0.2) is 12.4 Å². The van der Waals surface area contributed by atoms with E-state index in [9.17, 15) is 37.9 Å². The highest BCUT2D eigenvalue weighted by atomic mass is 32.2. The minimum absolute atomic E-state index is 0.156. The first-order chi connectivity index (χ1) is 28.5. The van der Waals surface area contributed by atoms with Gasteiger partial charge in [0.25, 0.3) is 10.1 Å². The lowest BCUT2D eigenvalue weighted by Crippen LogP contribution is -2.60. The fourth-order valence-corrected chi connectivity index (χ4v) is 7.10. The minimum atomic E-state index is -4.61. The van der Waals surface area contributed by atoms with Gasteiger partial charge in [0.2, 0.25) is 0 Å². The Hall–Kier alpha value is -2.65. The molecule has 0 aromatic rings. The van der Waals surface area contributed by atoms with Gasteiger partial charge in [0.1, 0.15) is 36.8 Å². The molecule has 0 aliphatic carbocycles. The van der Waals surface area contributed by atoms with Crippen LogP contribution in [-0.2, 0) is 38.7 Å². The second-order valence-electron chi connectivity index (χ2n) is 15.3. The molecule has 340 valence electrons. The molecule has 0 saturated carbocycles. The third-order valence-corrected chi connectivity index (χ3v) is 10.6. The Morgan fingerprint density at radius 2 is 1.07 bits per heavy atom. The molecule has 0 amide bonds. The largest absolute Gasteiger partial charge is 0.462 e. The second-order valence-corrected chi connectivity index (χ2v) is 16.8. The van der Waals surface area contributed by atoms with Crippen LogP contribution in [0.15, 0.2) is 60.8 Å². The molecule has 0 aromatic carbocycles. The molecule has 13 heteroatoms. The number of carbonyl (C=O) groups excluding carboxylic acids is 2. The molecule has 0 spiro atoms. The summed E-state index contributed by atoms with van der Waals surface area (Å²) in [4.78, 5) is 25.4. The van der Waals surface area contributed by atoms with Gasteiger partial charge in [-0.15, -0.1) is 0 Å². The predicted octanol–water partition coefficient (Wildman–Crippen LogP) is 8.95. The Kier molecular flexibility index (Phi) is 33.2. The Morgan fingerprint density at radius 1 is 0.593 bits per heavy atom. The fraction of sp³-hybridized carbons (Fsp3) is 0.739. The predicted molar refractivity (Wildman–Crippen MR) is 233 cm³/mol. The van der Waals surface area contributed by atoms with E-state index in [1.807, 2.05) is 0 Å². The topological polar surface area (TPSA) is 186 Å². The quantitative estimate of drug-likeness (QED) is 0.0203. The molecule has 1 saturated heterocycles. The van der Waals surface area contributed by atoms with Crippen LogP contribution in [0.2, 0.25) is 0 Å². The highest BCUT2D eigenvalue weighted by molar-refractivity contribution is 7.85. The van der Waals surface area contributed by atoms with E-state index in [2.05, 4.69) is 74.6 Å². The van der Waals surface area contributed by atoms with Gasteiger partial charge in [-0.3, -0.25) is 14.1 Å². The summed E-state index contributed by atoms with van der Waals surface area (Å²) < 4.78 is 54.0. The van der Waals surface area contributed by atoms with E-state index in [0.717, 1.165) is 70.6 Å². The minimum Gasteiger partial charge on any atom is -0.462 e. The Labute approximate surface area is 355 Å². The zero-order valence-corrected chi connectivity index (χ0v) is 36.9. The average molecular weight is 855 g/mol. The highest BCUT2D eigenvalue weighted by Crippen LogP contribution is 2.24. The summed E-state index contributed by atoms with van der Waals surface area (Å²) in [6.07, 6.45) is 34.1. The third kappa shape index (κ3) is 30.9. The van der Waals surface area contributed by atoms with Crippen molar-refractivity contribution in [1.29, 1.82) is 0 Å². The van der Waals surface area contributed by atoms with E-state index in [4.69, 9.17) is 18.9 Å². The second kappa shape index (κ2) is 36.0. The number of esters is 2. The Bertz CT molecular complexity index is 1320. The van der Waals surface area contributed by atoms with Crippen molar-refractivity contribution >= 4 is 22.1 Å². The van der Waals surface area contributed by atoms with Gasteiger partial charge in [0.05, 0.1) is 6.61 Å². The van der Waals surface area contributed by atoms with Crippen LogP contribution in [0.3, 0.4) is 0 Å². The number of rotatable bonds is 36. The van der Waals surface area contributed by atoms with E-state index in [1.165, 1.54) is 51.4 Å². The molecular formula is C46H78O12S. The van der Waals surface area contributed by atoms with Crippen molar-refractivity contribution in [1.82, 2.24) is 0 Å². The number of carbonyl (C=O) groups is 2. The molecule has 0 aromatic heterocycles. The maximum atomic E-state index is 12.8. The molecule has 1 aliphatic heterocycles. The Morgan fingerprint density at radius 3 is 1.59 bits per heavy atom. The number of aliphatic hydroxyl groups is 3. The van der Waals surface area contributed by atoms with Crippen molar-refractivity contribution in [3.8, 4) is 0 Å². The first-order valence-corrected chi connectivity index (χ1v) is 24.0. The van der Waals surface area contributed by atoms with Crippen LogP contribution in [0.4, 0.5) is 0 Å². The van der Waals surface area contributed by atoms with Crippen molar-refractivity contribution in [2.45, 2.75) is 198 Å². The summed E-state index contributed by atoms with van der Waals surface area (Å²) in [6.45, 7) is 3.60. The molecule has 1 fully saturated rings. The number of ether oxygens (including phenoxy) is 4. The smallest absolute Gasteiger partial charge is 0.306 e. The first-order valence-electron chi connectivity index (χ1n) is 22.3. The first kappa shape index (κ1) is 54.4. The lowest BCUT2D eigenvalue weighted by atomic mass is 10.00. The van der Waals surface area contributed by atoms with Gasteiger partial charge in [-0.05, 0) is 57.8 Å². The van der Waals surface area contributed by atoms with E-state index >= 15 is 0 Å². The van der Waals surface area contributed by atoms with Gasteiger partial charge < -0.3 is 34.3 Å². The van der Waals surface area contributed by atoms with Crippen molar-refractivity contribution in [3.05, 3.63) is 60.8 Å². The molecule has 12 nitrogen and oxygen atoms in total. The van der Waals surface area contributed by atoms with Gasteiger partial charge in [-0.25, -0.2) is 0 Å². The monoisotopic (exact) mass is 855 g/mol. The standard InChI is InChI=1S/C46H78O12S/c1-3-5-7-9-11-13-15-17-18-19-20-21-22-23-25-26-28-30-32-34-41(47)55-36-39(37-56-46-45(51)44(50)43(49)40(58-46)38-59(52,53)54)57-42(48)35-33-31-29-27-24-16-14-12-10-8-6-4-2/h5,7,11,13,17-18,20-21,23,25,39-40,43-46,49-51H,3-4,6,8-10,12,14-16,19,22,24,26-38H2,1-2H3,(H,52,53,54)/b7-5+,13-11+,18-17+,21-20+,25-23+/t39-,40-,43-,44?,45?,46+/m1/s1. The van der Waals surface area contributed by atoms with Crippen LogP contribution in [-0.4, -0.2) is 96.0 Å². The van der Waals surface area contributed by atoms with Crippen molar-refractivity contribution in [2.24, 2.45) is 0 Å². The number of hydrogen-bond acceptors (Lipinski definition) is 11. The highest BCUT2D eigenvalue weighted by Gasteiger charge is 2.46. The molecule has 2 unspecified atom stereocenters. The lowest BCUT2D eigenvalue weighted by molar-refractivity contribution is -0.297. The van der Waals surface area contributed by atoms with E-state index < -0.39 is 71.2 Å². The summed E-state index contributed by atoms with van der Waals surface area (Å²) in [5.74, 6) is -2.03. The third-order valence-electron chi connectivity index (χ3n) is 9.86. The fourth-order valence-electron chi connectivity index (χ4n) is 6.41. The SMILES string of the molecule is CC/C=C/C/C=C/C/C=C/C/C=C/C/C=C/CCCCCC(=O)OC[C@H](CO[C@H]1O[C@H](CS(=O)(=O)O)[C@@H](O)C(O)C1O)OC(=O)CCCCCCCCCCCCCC. The molecule has 1 rings (SSSR count). The van der Waals surface area contributed by atoms with Gasteiger partial charge in [0, 0.05) is 12.8 Å². The van der Waals surface area contributed by atoms with Gasteiger partial charge in [-0.1, -0.05) is 152 Å². The van der Waals surface area contributed by atoms with Crippen molar-refractivity contribution < 1.29 is 56.8 Å². The van der Waals surface area contributed by atoms with Crippen LogP contribution in [0.5, 0.6) is 0 Å². The normalized spacial score (nSPS) is 20.8. The lowest BCUT2D eigenvalue weighted by Gasteiger charge is -2.40. The van der Waals surface area contributed by atoms with Crippen LogP contribution in [0, 0.1) is 0 Å².